The summed E-state index contributed by atoms with van der Waals surface area (Å²) in [5, 5.41) is 12.9. The van der Waals surface area contributed by atoms with Crippen molar-refractivity contribution in [3.05, 3.63) is 17.5 Å². The van der Waals surface area contributed by atoms with Crippen molar-refractivity contribution in [2.45, 2.75) is 32.3 Å². The van der Waals surface area contributed by atoms with E-state index in [-0.39, 0.29) is 5.56 Å². The van der Waals surface area contributed by atoms with Crippen molar-refractivity contribution >= 4 is 5.97 Å². The highest BCUT2D eigenvalue weighted by molar-refractivity contribution is 5.88. The molecule has 5 heteroatoms. The van der Waals surface area contributed by atoms with E-state index in [1.54, 1.807) is 11.7 Å². The van der Waals surface area contributed by atoms with Crippen LogP contribution in [0.15, 0.2) is 6.20 Å². The molecule has 1 aliphatic rings. The summed E-state index contributed by atoms with van der Waals surface area (Å²) in [6.07, 6.45) is 6.42. The predicted molar refractivity (Wildman–Crippen MR) is 61.8 cm³/mol. The van der Waals surface area contributed by atoms with Crippen LogP contribution in [0.4, 0.5) is 0 Å². The Morgan fingerprint density at radius 3 is 3.00 bits per heavy atom. The Bertz CT molecular complexity index is 396. The van der Waals surface area contributed by atoms with Gasteiger partial charge in [0.2, 0.25) is 0 Å². The van der Waals surface area contributed by atoms with Gasteiger partial charge in [-0.2, -0.15) is 5.10 Å². The molecule has 0 amide bonds. The summed E-state index contributed by atoms with van der Waals surface area (Å²) in [6, 6.07) is 0. The fraction of sp³-hybridized carbons (Fsp3) is 0.667. The molecule has 1 N–H and O–H groups in total. The SMILES string of the molecule is Cn1ncc(C(=O)O)c1COCCC1CCC1. The molecule has 0 atom stereocenters. The highest BCUT2D eigenvalue weighted by Gasteiger charge is 2.18. The average molecular weight is 238 g/mol. The summed E-state index contributed by atoms with van der Waals surface area (Å²) in [4.78, 5) is 10.9. The number of hydrogen-bond acceptors (Lipinski definition) is 3. The molecule has 94 valence electrons. The van der Waals surface area contributed by atoms with Crippen molar-refractivity contribution in [1.29, 1.82) is 0 Å². The van der Waals surface area contributed by atoms with Gasteiger partial charge in [-0.3, -0.25) is 4.68 Å². The third-order valence-electron chi connectivity index (χ3n) is 3.43. The molecule has 1 aliphatic carbocycles. The van der Waals surface area contributed by atoms with Crippen LogP contribution in [-0.2, 0) is 18.4 Å². The Hall–Kier alpha value is -1.36. The Kier molecular flexibility index (Phi) is 3.78. The maximum atomic E-state index is 10.9. The third kappa shape index (κ3) is 2.85. The molecule has 17 heavy (non-hydrogen) atoms. The van der Waals surface area contributed by atoms with E-state index in [0.717, 1.165) is 12.3 Å². The average Bonchev–Trinajstić information content (AvgIpc) is 2.57. The Balaban J connectivity index is 1.80. The molecule has 0 spiro atoms. The summed E-state index contributed by atoms with van der Waals surface area (Å²) < 4.78 is 7.09. The van der Waals surface area contributed by atoms with Crippen molar-refractivity contribution in [2.24, 2.45) is 13.0 Å². The van der Waals surface area contributed by atoms with Gasteiger partial charge in [-0.25, -0.2) is 4.79 Å². The van der Waals surface area contributed by atoms with Crippen LogP contribution < -0.4 is 0 Å². The Morgan fingerprint density at radius 1 is 1.65 bits per heavy atom. The van der Waals surface area contributed by atoms with Crippen LogP contribution in [0.25, 0.3) is 0 Å². The lowest BCUT2D eigenvalue weighted by Crippen LogP contribution is -2.14. The van der Waals surface area contributed by atoms with Crippen LogP contribution in [0.1, 0.15) is 41.7 Å². The molecule has 5 nitrogen and oxygen atoms in total. The van der Waals surface area contributed by atoms with Gasteiger partial charge in [0.05, 0.1) is 18.5 Å². The summed E-state index contributed by atoms with van der Waals surface area (Å²) in [6.45, 7) is 1.03. The summed E-state index contributed by atoms with van der Waals surface area (Å²) in [5.41, 5.74) is 0.863. The standard InChI is InChI=1S/C12H18N2O3/c1-14-11(10(7-13-14)12(15)16)8-17-6-5-9-3-2-4-9/h7,9H,2-6,8H2,1H3,(H,15,16). The molecule has 0 aromatic carbocycles. The minimum atomic E-state index is -0.948. The predicted octanol–water partition coefficient (Wildman–Crippen LogP) is 1.83. The first-order valence-electron chi connectivity index (χ1n) is 6.00. The summed E-state index contributed by atoms with van der Waals surface area (Å²) in [5.74, 6) is -0.129. The number of carboxylic acid groups (broad SMARTS) is 1. The van der Waals surface area contributed by atoms with Crippen LogP contribution in [0.2, 0.25) is 0 Å². The summed E-state index contributed by atoms with van der Waals surface area (Å²) in [7, 11) is 1.73. The molecule has 2 rings (SSSR count). The van der Waals surface area contributed by atoms with E-state index in [2.05, 4.69) is 5.10 Å². The van der Waals surface area contributed by atoms with Gasteiger partial charge in [0.1, 0.15) is 5.56 Å². The molecule has 0 aliphatic heterocycles. The Labute approximate surface area is 100 Å². The number of aryl methyl sites for hydroxylation is 1. The number of aromatic nitrogens is 2. The minimum Gasteiger partial charge on any atom is -0.478 e. The smallest absolute Gasteiger partial charge is 0.339 e. The van der Waals surface area contributed by atoms with E-state index >= 15 is 0 Å². The van der Waals surface area contributed by atoms with Crippen LogP contribution in [0.3, 0.4) is 0 Å². The lowest BCUT2D eigenvalue weighted by atomic mass is 9.83. The van der Waals surface area contributed by atoms with Crippen LogP contribution in [-0.4, -0.2) is 27.5 Å². The van der Waals surface area contributed by atoms with Gasteiger partial charge in [0.15, 0.2) is 0 Å². The van der Waals surface area contributed by atoms with Gasteiger partial charge in [-0.15, -0.1) is 0 Å². The molecule has 1 aromatic heterocycles. The van der Waals surface area contributed by atoms with E-state index in [9.17, 15) is 4.79 Å². The highest BCUT2D eigenvalue weighted by atomic mass is 16.5. The normalized spacial score (nSPS) is 15.8. The second-order valence-corrected chi connectivity index (χ2v) is 4.57. The number of ether oxygens (including phenoxy) is 1. The lowest BCUT2D eigenvalue weighted by Gasteiger charge is -2.24. The second-order valence-electron chi connectivity index (χ2n) is 4.57. The van der Waals surface area contributed by atoms with Gasteiger partial charge in [0.25, 0.3) is 0 Å². The van der Waals surface area contributed by atoms with E-state index in [1.165, 1.54) is 25.5 Å². The molecular formula is C12H18N2O3. The van der Waals surface area contributed by atoms with E-state index in [0.29, 0.717) is 18.9 Å². The van der Waals surface area contributed by atoms with Gasteiger partial charge in [0, 0.05) is 13.7 Å². The Morgan fingerprint density at radius 2 is 2.41 bits per heavy atom. The zero-order valence-corrected chi connectivity index (χ0v) is 10.1. The number of carboxylic acids is 1. The van der Waals surface area contributed by atoms with Crippen molar-refractivity contribution in [1.82, 2.24) is 9.78 Å². The second kappa shape index (κ2) is 5.31. The maximum Gasteiger partial charge on any atom is 0.339 e. The molecular weight excluding hydrogens is 220 g/mol. The maximum absolute atomic E-state index is 10.9. The number of hydrogen-bond donors (Lipinski definition) is 1. The first-order chi connectivity index (χ1) is 8.18. The first-order valence-corrected chi connectivity index (χ1v) is 6.00. The monoisotopic (exact) mass is 238 g/mol. The van der Waals surface area contributed by atoms with Crippen molar-refractivity contribution < 1.29 is 14.6 Å². The van der Waals surface area contributed by atoms with Gasteiger partial charge in [-0.1, -0.05) is 19.3 Å². The van der Waals surface area contributed by atoms with Gasteiger partial charge < -0.3 is 9.84 Å². The zero-order chi connectivity index (χ0) is 12.3. The topological polar surface area (TPSA) is 64.4 Å². The fourth-order valence-corrected chi connectivity index (χ4v) is 2.01. The van der Waals surface area contributed by atoms with E-state index in [1.807, 2.05) is 0 Å². The van der Waals surface area contributed by atoms with Crippen LogP contribution in [0.5, 0.6) is 0 Å². The summed E-state index contributed by atoms with van der Waals surface area (Å²) >= 11 is 0. The highest BCUT2D eigenvalue weighted by Crippen LogP contribution is 2.29. The molecule has 1 fully saturated rings. The van der Waals surface area contributed by atoms with Crippen LogP contribution >= 0.6 is 0 Å². The third-order valence-corrected chi connectivity index (χ3v) is 3.43. The molecule has 0 saturated heterocycles. The first kappa shape index (κ1) is 12.1. The van der Waals surface area contributed by atoms with Crippen molar-refractivity contribution in [3.8, 4) is 0 Å². The van der Waals surface area contributed by atoms with Gasteiger partial charge >= 0.3 is 5.97 Å². The zero-order valence-electron chi connectivity index (χ0n) is 10.1. The van der Waals surface area contributed by atoms with Gasteiger partial charge in [-0.05, 0) is 12.3 Å². The quantitative estimate of drug-likeness (QED) is 0.768. The van der Waals surface area contributed by atoms with E-state index in [4.69, 9.17) is 9.84 Å². The minimum absolute atomic E-state index is 0.233. The molecule has 0 unspecified atom stereocenters. The number of rotatable bonds is 6. The van der Waals surface area contributed by atoms with E-state index < -0.39 is 5.97 Å². The molecule has 1 heterocycles. The molecule has 0 bridgehead atoms. The molecule has 1 aromatic rings. The lowest BCUT2D eigenvalue weighted by molar-refractivity contribution is 0.0677. The number of aromatic carboxylic acids is 1. The molecule has 0 radical (unpaired) electrons. The largest absolute Gasteiger partial charge is 0.478 e. The number of nitrogens with zero attached hydrogens (tertiary/aromatic N) is 2. The molecule has 1 saturated carbocycles. The fourth-order valence-electron chi connectivity index (χ4n) is 2.01. The number of carbonyl (C=O) groups is 1. The van der Waals surface area contributed by atoms with Crippen molar-refractivity contribution in [3.63, 3.8) is 0 Å². The van der Waals surface area contributed by atoms with Crippen LogP contribution in [0, 0.1) is 5.92 Å². The van der Waals surface area contributed by atoms with Crippen molar-refractivity contribution in [2.75, 3.05) is 6.61 Å².